The summed E-state index contributed by atoms with van der Waals surface area (Å²) >= 11 is 0. The topological polar surface area (TPSA) is 73.0 Å². The third kappa shape index (κ3) is 4.84. The first-order valence-corrected chi connectivity index (χ1v) is 13.3. The average molecular weight is 489 g/mol. The van der Waals surface area contributed by atoms with E-state index in [2.05, 4.69) is 24.1 Å². The van der Waals surface area contributed by atoms with Crippen molar-refractivity contribution in [2.45, 2.75) is 64.3 Å². The maximum atomic E-state index is 13.6. The molecule has 0 spiro atoms. The highest BCUT2D eigenvalue weighted by molar-refractivity contribution is 6.11. The summed E-state index contributed by atoms with van der Waals surface area (Å²) in [5.74, 6) is 0.108. The van der Waals surface area contributed by atoms with Crippen molar-refractivity contribution >= 4 is 34.8 Å². The van der Waals surface area contributed by atoms with Crippen molar-refractivity contribution in [3.05, 3.63) is 53.6 Å². The third-order valence-electron chi connectivity index (χ3n) is 7.68. The molecule has 0 saturated carbocycles. The fourth-order valence-corrected chi connectivity index (χ4v) is 5.63. The van der Waals surface area contributed by atoms with Gasteiger partial charge in [0.1, 0.15) is 12.6 Å². The maximum absolute atomic E-state index is 13.6. The lowest BCUT2D eigenvalue weighted by Crippen LogP contribution is -2.56. The van der Waals surface area contributed by atoms with Crippen molar-refractivity contribution in [3.63, 3.8) is 0 Å². The quantitative estimate of drug-likeness (QED) is 0.657. The van der Waals surface area contributed by atoms with Gasteiger partial charge in [-0.15, -0.1) is 0 Å². The average Bonchev–Trinajstić information content (AvgIpc) is 2.91. The summed E-state index contributed by atoms with van der Waals surface area (Å²) in [4.78, 5) is 45.6. The molecule has 0 radical (unpaired) electrons. The van der Waals surface area contributed by atoms with Crippen molar-refractivity contribution < 1.29 is 14.4 Å². The molecule has 2 aromatic carbocycles. The van der Waals surface area contributed by atoms with Gasteiger partial charge in [0.2, 0.25) is 11.8 Å². The number of anilines is 3. The van der Waals surface area contributed by atoms with E-state index in [4.69, 9.17) is 0 Å². The second-order valence-electron chi connectivity index (χ2n) is 10.5. The monoisotopic (exact) mass is 488 g/mol. The number of carbonyl (C=O) groups is 3. The Labute approximate surface area is 213 Å². The number of piperidine rings is 2. The van der Waals surface area contributed by atoms with Gasteiger partial charge in [0.05, 0.1) is 11.4 Å². The molecule has 1 atom stereocenters. The summed E-state index contributed by atoms with van der Waals surface area (Å²) in [7, 11) is 0. The molecule has 2 fully saturated rings. The lowest BCUT2D eigenvalue weighted by Gasteiger charge is -2.45. The van der Waals surface area contributed by atoms with Crippen LogP contribution < -0.4 is 15.1 Å². The van der Waals surface area contributed by atoms with Crippen LogP contribution in [0.4, 0.5) is 17.1 Å². The van der Waals surface area contributed by atoms with E-state index in [9.17, 15) is 14.4 Å². The summed E-state index contributed by atoms with van der Waals surface area (Å²) in [6.07, 6.45) is 6.01. The van der Waals surface area contributed by atoms with E-state index >= 15 is 0 Å². The predicted molar refractivity (Wildman–Crippen MR) is 143 cm³/mol. The maximum Gasteiger partial charge on any atom is 0.253 e. The lowest BCUT2D eigenvalue weighted by atomic mass is 9.95. The first-order valence-electron chi connectivity index (χ1n) is 13.3. The van der Waals surface area contributed by atoms with Crippen molar-refractivity contribution in [3.8, 4) is 0 Å². The van der Waals surface area contributed by atoms with E-state index < -0.39 is 0 Å². The van der Waals surface area contributed by atoms with Crippen LogP contribution in [-0.4, -0.2) is 54.8 Å². The van der Waals surface area contributed by atoms with Crippen molar-refractivity contribution in [2.75, 3.05) is 41.3 Å². The summed E-state index contributed by atoms with van der Waals surface area (Å²) in [5.41, 5.74) is 4.09. The molecule has 0 unspecified atom stereocenters. The lowest BCUT2D eigenvalue weighted by molar-refractivity contribution is -0.123. The Morgan fingerprint density at radius 1 is 0.917 bits per heavy atom. The molecule has 2 aromatic rings. The number of carbonyl (C=O) groups excluding carboxylic acids is 3. The third-order valence-corrected chi connectivity index (χ3v) is 7.68. The molecule has 7 heteroatoms. The van der Waals surface area contributed by atoms with E-state index in [1.807, 2.05) is 47.4 Å². The number of hydrogen-bond acceptors (Lipinski definition) is 4. The number of rotatable bonds is 5. The zero-order valence-corrected chi connectivity index (χ0v) is 21.3. The van der Waals surface area contributed by atoms with Gasteiger partial charge in [-0.1, -0.05) is 26.0 Å². The number of benzene rings is 2. The van der Waals surface area contributed by atoms with Crippen LogP contribution in [0.25, 0.3) is 0 Å². The van der Waals surface area contributed by atoms with Gasteiger partial charge in [0.25, 0.3) is 5.91 Å². The van der Waals surface area contributed by atoms with Crippen molar-refractivity contribution in [2.24, 2.45) is 0 Å². The first-order chi connectivity index (χ1) is 17.4. The number of nitrogens with one attached hydrogen (secondary N) is 1. The second-order valence-corrected chi connectivity index (χ2v) is 10.5. The molecule has 7 nitrogen and oxygen atoms in total. The first kappa shape index (κ1) is 24.3. The van der Waals surface area contributed by atoms with Gasteiger partial charge in [-0.25, -0.2) is 0 Å². The van der Waals surface area contributed by atoms with Gasteiger partial charge in [0, 0.05) is 30.9 Å². The largest absolute Gasteiger partial charge is 0.358 e. The molecule has 3 aliphatic heterocycles. The summed E-state index contributed by atoms with van der Waals surface area (Å²) in [6.45, 7) is 6.53. The molecule has 36 heavy (non-hydrogen) atoms. The van der Waals surface area contributed by atoms with Crippen LogP contribution >= 0.6 is 0 Å². The molecule has 0 aromatic heterocycles. The van der Waals surface area contributed by atoms with Gasteiger partial charge in [-0.2, -0.15) is 0 Å². The number of nitrogens with zero attached hydrogens (tertiary/aromatic N) is 3. The zero-order valence-electron chi connectivity index (χ0n) is 21.3. The summed E-state index contributed by atoms with van der Waals surface area (Å²) in [5, 5.41) is 2.95. The highest BCUT2D eigenvalue weighted by Gasteiger charge is 2.40. The van der Waals surface area contributed by atoms with Crippen molar-refractivity contribution in [1.82, 2.24) is 4.90 Å². The van der Waals surface area contributed by atoms with Gasteiger partial charge >= 0.3 is 0 Å². The SMILES string of the molecule is CC(C)c1ccc(NC(=O)CN2C(=O)[C@H]3CCCCN3c3ccc(C(=O)N4CCCCC4)cc32)cc1. The molecule has 0 aliphatic carbocycles. The Bertz CT molecular complexity index is 1140. The van der Waals surface area contributed by atoms with Crippen molar-refractivity contribution in [1.29, 1.82) is 0 Å². The minimum absolute atomic E-state index is 0.000334. The summed E-state index contributed by atoms with van der Waals surface area (Å²) in [6, 6.07) is 13.2. The standard InChI is InChI=1S/C29H36N4O3/c1-20(2)21-9-12-23(13-10-21)30-27(34)19-33-26-18-22(28(35)31-15-5-3-6-16-31)11-14-24(26)32-17-7-4-8-25(32)29(33)36/h9-14,18,20,25H,3-8,15-17,19H2,1-2H3,(H,30,34)/t25-/m1/s1. The molecule has 190 valence electrons. The van der Waals surface area contributed by atoms with Gasteiger partial charge < -0.3 is 15.1 Å². The smallest absolute Gasteiger partial charge is 0.253 e. The second kappa shape index (κ2) is 10.3. The van der Waals surface area contributed by atoms with Gasteiger partial charge in [0.15, 0.2) is 0 Å². The Kier molecular flexibility index (Phi) is 6.99. The molecule has 1 N–H and O–H groups in total. The highest BCUT2D eigenvalue weighted by Crippen LogP contribution is 2.40. The normalized spacial score (nSPS) is 19.7. The van der Waals surface area contributed by atoms with E-state index in [-0.39, 0.29) is 30.3 Å². The minimum atomic E-state index is -0.256. The molecule has 5 rings (SSSR count). The van der Waals surface area contributed by atoms with Crippen LogP contribution in [0, 0.1) is 0 Å². The Morgan fingerprint density at radius 2 is 1.64 bits per heavy atom. The van der Waals surface area contributed by atoms with Crippen LogP contribution in [0.1, 0.15) is 74.2 Å². The fraction of sp³-hybridized carbons (Fsp3) is 0.483. The molecule has 3 heterocycles. The van der Waals surface area contributed by atoms with Crippen LogP contribution in [0.15, 0.2) is 42.5 Å². The Morgan fingerprint density at radius 3 is 2.36 bits per heavy atom. The van der Waals surface area contributed by atoms with Gasteiger partial charge in [-0.05, 0) is 80.3 Å². The number of fused-ring (bicyclic) bond motifs is 3. The fourth-order valence-electron chi connectivity index (χ4n) is 5.63. The van der Waals surface area contributed by atoms with Crippen LogP contribution in [0.5, 0.6) is 0 Å². The minimum Gasteiger partial charge on any atom is -0.358 e. The van der Waals surface area contributed by atoms with Crippen LogP contribution in [0.2, 0.25) is 0 Å². The van der Waals surface area contributed by atoms with E-state index in [0.717, 1.165) is 63.8 Å². The molecular formula is C29H36N4O3. The Balaban J connectivity index is 1.41. The zero-order chi connectivity index (χ0) is 25.2. The number of likely N-dealkylation sites (tertiary alicyclic amines) is 1. The van der Waals surface area contributed by atoms with Gasteiger partial charge in [-0.3, -0.25) is 19.3 Å². The number of amides is 3. The molecule has 0 bridgehead atoms. The van der Waals surface area contributed by atoms with Crippen LogP contribution in [-0.2, 0) is 9.59 Å². The molecular weight excluding hydrogens is 452 g/mol. The van der Waals surface area contributed by atoms with E-state index in [1.165, 1.54) is 5.56 Å². The molecule has 3 amide bonds. The van der Waals surface area contributed by atoms with E-state index in [1.54, 1.807) is 4.90 Å². The summed E-state index contributed by atoms with van der Waals surface area (Å²) < 4.78 is 0. The van der Waals surface area contributed by atoms with Crippen LogP contribution in [0.3, 0.4) is 0 Å². The number of hydrogen-bond donors (Lipinski definition) is 1. The highest BCUT2D eigenvalue weighted by atomic mass is 16.2. The van der Waals surface area contributed by atoms with E-state index in [0.29, 0.717) is 22.9 Å². The molecule has 3 aliphatic rings. The Hall–Kier alpha value is -3.35. The predicted octanol–water partition coefficient (Wildman–Crippen LogP) is 4.78. The molecule has 2 saturated heterocycles.